The van der Waals surface area contributed by atoms with Crippen molar-refractivity contribution in [2.45, 2.75) is 25.8 Å². The molecule has 106 valence electrons. The lowest BCUT2D eigenvalue weighted by Gasteiger charge is -2.16. The van der Waals surface area contributed by atoms with Gasteiger partial charge in [0.15, 0.2) is 0 Å². The van der Waals surface area contributed by atoms with Crippen LogP contribution < -0.4 is 10.4 Å². The lowest BCUT2D eigenvalue weighted by molar-refractivity contribution is 0.144. The van der Waals surface area contributed by atoms with Gasteiger partial charge in [-0.1, -0.05) is 84.4 Å². The normalized spacial score (nSPS) is 10.9. The molecule has 0 saturated heterocycles. The molecule has 0 radical (unpaired) electrons. The quantitative estimate of drug-likeness (QED) is 0.535. The molecule has 0 heterocycles. The number of unbranched alkanes of at least 4 members (excludes halogenated alkanes) is 1. The molecule has 0 aliphatic carbocycles. The Balaban J connectivity index is 2.02. The third-order valence-corrected chi connectivity index (χ3v) is 6.79. The van der Waals surface area contributed by atoms with Crippen LogP contribution in [0.1, 0.15) is 19.8 Å². The highest BCUT2D eigenvalue weighted by Gasteiger charge is 2.15. The van der Waals surface area contributed by atoms with Crippen molar-refractivity contribution in [3.05, 3.63) is 60.7 Å². The minimum atomic E-state index is -1.13. The summed E-state index contributed by atoms with van der Waals surface area (Å²) >= 11 is 0. The van der Waals surface area contributed by atoms with Crippen molar-refractivity contribution in [2.75, 3.05) is 13.2 Å². The molecule has 20 heavy (non-hydrogen) atoms. The zero-order valence-electron chi connectivity index (χ0n) is 12.3. The van der Waals surface area contributed by atoms with E-state index in [1.54, 1.807) is 0 Å². The number of hydrogen-bond acceptors (Lipinski definition) is 1. The van der Waals surface area contributed by atoms with Crippen molar-refractivity contribution in [1.82, 2.24) is 0 Å². The maximum atomic E-state index is 5.78. The Morgan fingerprint density at radius 1 is 0.800 bits per heavy atom. The first-order valence-corrected chi connectivity index (χ1v) is 9.56. The lowest BCUT2D eigenvalue weighted by atomic mass is 10.4. The fourth-order valence-electron chi connectivity index (χ4n) is 2.45. The highest BCUT2D eigenvalue weighted by Crippen LogP contribution is 1.99. The first-order chi connectivity index (χ1) is 9.92. The number of hydrogen-bond donors (Lipinski definition) is 0. The second-order valence-electron chi connectivity index (χ2n) is 5.13. The second-order valence-corrected chi connectivity index (χ2v) is 8.14. The van der Waals surface area contributed by atoms with Crippen molar-refractivity contribution in [3.8, 4) is 0 Å². The van der Waals surface area contributed by atoms with Crippen LogP contribution in [0.4, 0.5) is 0 Å². The van der Waals surface area contributed by atoms with Gasteiger partial charge in [-0.15, -0.1) is 0 Å². The Kier molecular flexibility index (Phi) is 6.55. The summed E-state index contributed by atoms with van der Waals surface area (Å²) in [5.41, 5.74) is 0. The molecule has 2 heteroatoms. The SMILES string of the molecule is CCCCOCC[SiH](c1ccccc1)c1ccccc1. The molecule has 0 aliphatic heterocycles. The van der Waals surface area contributed by atoms with Gasteiger partial charge in [0.25, 0.3) is 0 Å². The molecule has 0 atom stereocenters. The Labute approximate surface area is 124 Å². The van der Waals surface area contributed by atoms with Gasteiger partial charge in [-0.05, 0) is 12.5 Å². The van der Waals surface area contributed by atoms with Crippen molar-refractivity contribution < 1.29 is 4.74 Å². The largest absolute Gasteiger partial charge is 0.382 e. The van der Waals surface area contributed by atoms with E-state index < -0.39 is 8.80 Å². The Morgan fingerprint density at radius 2 is 1.35 bits per heavy atom. The van der Waals surface area contributed by atoms with Gasteiger partial charge in [0, 0.05) is 13.2 Å². The molecule has 0 amide bonds. The third-order valence-electron chi connectivity index (χ3n) is 3.60. The van der Waals surface area contributed by atoms with Crippen molar-refractivity contribution in [1.29, 1.82) is 0 Å². The summed E-state index contributed by atoms with van der Waals surface area (Å²) in [6, 6.07) is 23.1. The lowest BCUT2D eigenvalue weighted by Crippen LogP contribution is -2.42. The van der Waals surface area contributed by atoms with Crippen LogP contribution in [0.25, 0.3) is 0 Å². The molecule has 0 N–H and O–H groups in total. The summed E-state index contributed by atoms with van der Waals surface area (Å²) in [5.74, 6) is 0. The van der Waals surface area contributed by atoms with Crippen LogP contribution in [0.5, 0.6) is 0 Å². The van der Waals surface area contributed by atoms with E-state index in [1.165, 1.54) is 29.3 Å². The topological polar surface area (TPSA) is 9.23 Å². The minimum absolute atomic E-state index is 0.890. The fourth-order valence-corrected chi connectivity index (χ4v) is 5.27. The van der Waals surface area contributed by atoms with E-state index in [4.69, 9.17) is 4.74 Å². The molecule has 0 aromatic heterocycles. The summed E-state index contributed by atoms with van der Waals surface area (Å²) in [6.07, 6.45) is 2.38. The molecule has 2 aromatic rings. The summed E-state index contributed by atoms with van der Waals surface area (Å²) in [7, 11) is -1.13. The molecule has 1 nitrogen and oxygen atoms in total. The summed E-state index contributed by atoms with van der Waals surface area (Å²) in [6.45, 7) is 4.00. The predicted molar refractivity (Wildman–Crippen MR) is 89.8 cm³/mol. The molecule has 2 rings (SSSR count). The molecule has 0 fully saturated rings. The van der Waals surface area contributed by atoms with Gasteiger partial charge in [-0.2, -0.15) is 0 Å². The van der Waals surface area contributed by atoms with Crippen LogP contribution in [0.2, 0.25) is 6.04 Å². The molecule has 0 aliphatic rings. The van der Waals surface area contributed by atoms with E-state index in [-0.39, 0.29) is 0 Å². The van der Waals surface area contributed by atoms with E-state index in [9.17, 15) is 0 Å². The molecule has 0 saturated carbocycles. The van der Waals surface area contributed by atoms with E-state index in [0.717, 1.165) is 13.2 Å². The number of benzene rings is 2. The zero-order valence-corrected chi connectivity index (χ0v) is 13.4. The Morgan fingerprint density at radius 3 is 1.85 bits per heavy atom. The van der Waals surface area contributed by atoms with Gasteiger partial charge in [0.1, 0.15) is 8.80 Å². The highest BCUT2D eigenvalue weighted by atomic mass is 28.3. The van der Waals surface area contributed by atoms with E-state index >= 15 is 0 Å². The van der Waals surface area contributed by atoms with Crippen LogP contribution in [-0.2, 0) is 4.74 Å². The zero-order chi connectivity index (χ0) is 14.0. The van der Waals surface area contributed by atoms with Crippen molar-refractivity contribution in [3.63, 3.8) is 0 Å². The van der Waals surface area contributed by atoms with Gasteiger partial charge in [0.2, 0.25) is 0 Å². The maximum Gasteiger partial charge on any atom is 0.105 e. The average Bonchev–Trinajstić information content (AvgIpc) is 2.53. The first-order valence-electron chi connectivity index (χ1n) is 7.59. The van der Waals surface area contributed by atoms with Crippen LogP contribution in [0.3, 0.4) is 0 Å². The third kappa shape index (κ3) is 4.62. The van der Waals surface area contributed by atoms with E-state index in [0.29, 0.717) is 0 Å². The van der Waals surface area contributed by atoms with Crippen LogP contribution >= 0.6 is 0 Å². The molecular formula is C18H24OSi. The highest BCUT2D eigenvalue weighted by molar-refractivity contribution is 6.85. The summed E-state index contributed by atoms with van der Waals surface area (Å²) < 4.78 is 5.78. The monoisotopic (exact) mass is 284 g/mol. The van der Waals surface area contributed by atoms with Crippen molar-refractivity contribution in [2.24, 2.45) is 0 Å². The van der Waals surface area contributed by atoms with E-state index in [1.807, 2.05) is 0 Å². The van der Waals surface area contributed by atoms with Crippen molar-refractivity contribution >= 4 is 19.2 Å². The molecular weight excluding hydrogens is 260 g/mol. The summed E-state index contributed by atoms with van der Waals surface area (Å²) in [5, 5.41) is 3.02. The number of ether oxygens (including phenoxy) is 1. The van der Waals surface area contributed by atoms with Crippen LogP contribution in [-0.4, -0.2) is 22.0 Å². The van der Waals surface area contributed by atoms with Gasteiger partial charge in [0.05, 0.1) is 0 Å². The second kappa shape index (κ2) is 8.72. The predicted octanol–water partition coefficient (Wildman–Crippen LogP) is 2.84. The maximum absolute atomic E-state index is 5.78. The van der Waals surface area contributed by atoms with Crippen LogP contribution in [0, 0.1) is 0 Å². The van der Waals surface area contributed by atoms with Gasteiger partial charge < -0.3 is 4.74 Å². The molecule has 2 aromatic carbocycles. The fraction of sp³-hybridized carbons (Fsp3) is 0.333. The Hall–Kier alpha value is -1.38. The average molecular weight is 284 g/mol. The minimum Gasteiger partial charge on any atom is -0.382 e. The standard InChI is InChI=1S/C18H24OSi/c1-2-3-14-19-15-16-20(17-10-6-4-7-11-17)18-12-8-5-9-13-18/h4-13,20H,2-3,14-16H2,1H3. The Bertz CT molecular complexity index is 430. The van der Waals surface area contributed by atoms with Gasteiger partial charge in [-0.3, -0.25) is 0 Å². The van der Waals surface area contributed by atoms with Gasteiger partial charge >= 0.3 is 0 Å². The summed E-state index contributed by atoms with van der Waals surface area (Å²) in [4.78, 5) is 0. The van der Waals surface area contributed by atoms with Crippen LogP contribution in [0.15, 0.2) is 60.7 Å². The van der Waals surface area contributed by atoms with E-state index in [2.05, 4.69) is 67.6 Å². The molecule has 0 bridgehead atoms. The van der Waals surface area contributed by atoms with Gasteiger partial charge in [-0.25, -0.2) is 0 Å². The first kappa shape index (κ1) is 15.0. The number of rotatable bonds is 8. The smallest absolute Gasteiger partial charge is 0.105 e. The molecule has 0 spiro atoms. The molecule has 0 unspecified atom stereocenters.